The second-order valence-corrected chi connectivity index (χ2v) is 6.21. The van der Waals surface area contributed by atoms with E-state index in [2.05, 4.69) is 10.4 Å². The molecule has 0 aliphatic carbocycles. The van der Waals surface area contributed by atoms with E-state index in [0.717, 1.165) is 4.68 Å². The number of benzene rings is 2. The van der Waals surface area contributed by atoms with Crippen molar-refractivity contribution in [2.75, 3.05) is 5.32 Å². The first-order valence-electron chi connectivity index (χ1n) is 6.85. The topological polar surface area (TPSA) is 64.0 Å². The first kappa shape index (κ1) is 16.8. The fourth-order valence-electron chi connectivity index (χ4n) is 2.18. The van der Waals surface area contributed by atoms with Gasteiger partial charge in [0.25, 0.3) is 5.56 Å². The number of amides is 1. The number of halogens is 3. The Bertz CT molecular complexity index is 1000. The summed E-state index contributed by atoms with van der Waals surface area (Å²) in [7, 11) is 0. The molecule has 3 aromatic rings. The lowest BCUT2D eigenvalue weighted by molar-refractivity contribution is -0.117. The number of nitrogens with one attached hydrogen (secondary N) is 1. The SMILES string of the molecule is O=C(Cn1ncc2ccccc2c1=O)Nc1cc(Cl)c(Cl)cc1Cl. The van der Waals surface area contributed by atoms with Crippen LogP contribution in [-0.2, 0) is 11.3 Å². The molecule has 5 nitrogen and oxygen atoms in total. The molecule has 0 bridgehead atoms. The zero-order chi connectivity index (χ0) is 17.3. The minimum absolute atomic E-state index is 0.247. The van der Waals surface area contributed by atoms with E-state index < -0.39 is 5.91 Å². The molecule has 0 aliphatic heterocycles. The molecule has 1 heterocycles. The molecular weight excluding hydrogens is 373 g/mol. The fraction of sp³-hybridized carbons (Fsp3) is 0.0625. The lowest BCUT2D eigenvalue weighted by Gasteiger charge is -2.10. The van der Waals surface area contributed by atoms with E-state index in [0.29, 0.717) is 16.5 Å². The molecule has 24 heavy (non-hydrogen) atoms. The van der Waals surface area contributed by atoms with Crippen LogP contribution in [-0.4, -0.2) is 15.7 Å². The van der Waals surface area contributed by atoms with Crippen LogP contribution in [0.2, 0.25) is 15.1 Å². The molecule has 3 rings (SSSR count). The maximum absolute atomic E-state index is 12.3. The van der Waals surface area contributed by atoms with E-state index in [1.54, 1.807) is 18.2 Å². The maximum Gasteiger partial charge on any atom is 0.275 e. The number of hydrogen-bond acceptors (Lipinski definition) is 3. The number of hydrogen-bond donors (Lipinski definition) is 1. The van der Waals surface area contributed by atoms with Crippen molar-refractivity contribution in [3.8, 4) is 0 Å². The summed E-state index contributed by atoms with van der Waals surface area (Å²) in [6.07, 6.45) is 1.54. The summed E-state index contributed by atoms with van der Waals surface area (Å²) in [5.41, 5.74) is -0.0339. The smallest absolute Gasteiger partial charge is 0.275 e. The fourth-order valence-corrected chi connectivity index (χ4v) is 2.78. The first-order valence-corrected chi connectivity index (χ1v) is 7.98. The van der Waals surface area contributed by atoms with Gasteiger partial charge in [0.1, 0.15) is 6.54 Å². The number of nitrogens with zero attached hydrogens (tertiary/aromatic N) is 2. The summed E-state index contributed by atoms with van der Waals surface area (Å²) >= 11 is 17.8. The Hall–Kier alpha value is -2.08. The molecule has 122 valence electrons. The lowest BCUT2D eigenvalue weighted by atomic mass is 10.2. The minimum Gasteiger partial charge on any atom is -0.323 e. The molecule has 0 radical (unpaired) electrons. The van der Waals surface area contributed by atoms with Crippen LogP contribution >= 0.6 is 34.8 Å². The van der Waals surface area contributed by atoms with Crippen LogP contribution in [0.1, 0.15) is 0 Å². The number of rotatable bonds is 3. The second kappa shape index (κ2) is 6.81. The van der Waals surface area contributed by atoms with Crippen molar-refractivity contribution in [2.24, 2.45) is 0 Å². The van der Waals surface area contributed by atoms with Gasteiger partial charge in [0.15, 0.2) is 0 Å². The molecular formula is C16H10Cl3N3O2. The third-order valence-corrected chi connectivity index (χ3v) is 4.37. The van der Waals surface area contributed by atoms with Crippen LogP contribution in [0.25, 0.3) is 10.8 Å². The molecule has 0 unspecified atom stereocenters. The largest absolute Gasteiger partial charge is 0.323 e. The highest BCUT2D eigenvalue weighted by Gasteiger charge is 2.12. The van der Waals surface area contributed by atoms with Gasteiger partial charge in [-0.05, 0) is 18.2 Å². The number of fused-ring (bicyclic) bond motifs is 1. The van der Waals surface area contributed by atoms with E-state index in [-0.39, 0.29) is 27.2 Å². The van der Waals surface area contributed by atoms with Crippen LogP contribution in [0.15, 0.2) is 47.4 Å². The van der Waals surface area contributed by atoms with Crippen molar-refractivity contribution in [3.05, 3.63) is 68.0 Å². The number of carbonyl (C=O) groups is 1. The van der Waals surface area contributed by atoms with Crippen molar-refractivity contribution < 1.29 is 4.79 Å². The monoisotopic (exact) mass is 381 g/mol. The van der Waals surface area contributed by atoms with Crippen molar-refractivity contribution in [1.29, 1.82) is 0 Å². The Morgan fingerprint density at radius 3 is 2.58 bits per heavy atom. The summed E-state index contributed by atoms with van der Waals surface area (Å²) in [4.78, 5) is 24.5. The molecule has 0 atom stereocenters. The highest BCUT2D eigenvalue weighted by Crippen LogP contribution is 2.32. The maximum atomic E-state index is 12.3. The summed E-state index contributed by atoms with van der Waals surface area (Å²) in [6, 6.07) is 9.91. The Balaban J connectivity index is 1.84. The van der Waals surface area contributed by atoms with Gasteiger partial charge in [-0.15, -0.1) is 0 Å². The number of aromatic nitrogens is 2. The Kier molecular flexibility index (Phi) is 4.76. The molecule has 1 amide bonds. The highest BCUT2D eigenvalue weighted by molar-refractivity contribution is 6.44. The van der Waals surface area contributed by atoms with Gasteiger partial charge in [-0.1, -0.05) is 53.0 Å². The molecule has 1 aromatic heterocycles. The normalized spacial score (nSPS) is 10.8. The Morgan fingerprint density at radius 2 is 1.79 bits per heavy atom. The molecule has 2 aromatic carbocycles. The molecule has 1 N–H and O–H groups in total. The third kappa shape index (κ3) is 3.38. The van der Waals surface area contributed by atoms with Gasteiger partial charge >= 0.3 is 0 Å². The predicted octanol–water partition coefficient (Wildman–Crippen LogP) is 4.00. The van der Waals surface area contributed by atoms with Gasteiger partial charge in [0.05, 0.1) is 32.3 Å². The minimum atomic E-state index is -0.458. The second-order valence-electron chi connectivity index (χ2n) is 4.99. The van der Waals surface area contributed by atoms with Crippen LogP contribution in [0.3, 0.4) is 0 Å². The summed E-state index contributed by atoms with van der Waals surface area (Å²) in [5, 5.41) is 8.59. The van der Waals surface area contributed by atoms with Gasteiger partial charge < -0.3 is 5.32 Å². The van der Waals surface area contributed by atoms with E-state index in [1.807, 2.05) is 6.07 Å². The zero-order valence-corrected chi connectivity index (χ0v) is 14.4. The average Bonchev–Trinajstić information content (AvgIpc) is 2.55. The van der Waals surface area contributed by atoms with Crippen LogP contribution in [0.5, 0.6) is 0 Å². The molecule has 8 heteroatoms. The van der Waals surface area contributed by atoms with Gasteiger partial charge in [0, 0.05) is 5.39 Å². The van der Waals surface area contributed by atoms with Crippen LogP contribution in [0.4, 0.5) is 5.69 Å². The van der Waals surface area contributed by atoms with Crippen molar-refractivity contribution in [2.45, 2.75) is 6.54 Å². The number of carbonyl (C=O) groups excluding carboxylic acids is 1. The first-order chi connectivity index (χ1) is 11.5. The molecule has 0 saturated heterocycles. The van der Waals surface area contributed by atoms with E-state index in [9.17, 15) is 9.59 Å². The molecule has 0 spiro atoms. The Morgan fingerprint density at radius 1 is 1.08 bits per heavy atom. The summed E-state index contributed by atoms with van der Waals surface area (Å²) in [5.74, 6) is -0.458. The number of anilines is 1. The highest BCUT2D eigenvalue weighted by atomic mass is 35.5. The van der Waals surface area contributed by atoms with E-state index in [1.165, 1.54) is 18.3 Å². The summed E-state index contributed by atoms with van der Waals surface area (Å²) < 4.78 is 1.09. The van der Waals surface area contributed by atoms with Crippen LogP contribution < -0.4 is 10.9 Å². The van der Waals surface area contributed by atoms with E-state index in [4.69, 9.17) is 34.8 Å². The quantitative estimate of drug-likeness (QED) is 0.697. The van der Waals surface area contributed by atoms with Gasteiger partial charge in [-0.25, -0.2) is 4.68 Å². The van der Waals surface area contributed by atoms with Crippen molar-refractivity contribution in [1.82, 2.24) is 9.78 Å². The standard InChI is InChI=1S/C16H10Cl3N3O2/c17-11-5-13(19)14(6-12(11)18)21-15(23)8-22-16(24)10-4-2-1-3-9(10)7-20-22/h1-7H,8H2,(H,21,23). The lowest BCUT2D eigenvalue weighted by Crippen LogP contribution is -2.29. The van der Waals surface area contributed by atoms with Crippen LogP contribution in [0, 0.1) is 0 Å². The molecule has 0 aliphatic rings. The van der Waals surface area contributed by atoms with Crippen molar-refractivity contribution in [3.63, 3.8) is 0 Å². The molecule has 0 saturated carbocycles. The van der Waals surface area contributed by atoms with Crippen molar-refractivity contribution >= 4 is 57.2 Å². The summed E-state index contributed by atoms with van der Waals surface area (Å²) in [6.45, 7) is -0.250. The average molecular weight is 383 g/mol. The third-order valence-electron chi connectivity index (χ3n) is 3.34. The van der Waals surface area contributed by atoms with Gasteiger partial charge in [0.2, 0.25) is 5.91 Å². The van der Waals surface area contributed by atoms with Gasteiger partial charge in [-0.3, -0.25) is 9.59 Å². The molecule has 0 fully saturated rings. The van der Waals surface area contributed by atoms with E-state index >= 15 is 0 Å². The zero-order valence-electron chi connectivity index (χ0n) is 12.1. The van der Waals surface area contributed by atoms with Gasteiger partial charge in [-0.2, -0.15) is 5.10 Å². The predicted molar refractivity (Wildman–Crippen MR) is 96.1 cm³/mol. The Labute approximate surface area is 151 Å².